The molecule has 2 heterocycles. The number of carboxylic acid groups (broad SMARTS) is 3. The molecule has 2 aromatic carbocycles. The van der Waals surface area contributed by atoms with Crippen molar-refractivity contribution in [2.75, 3.05) is 133 Å². The van der Waals surface area contributed by atoms with Crippen LogP contribution in [0.5, 0.6) is 11.5 Å². The topological polar surface area (TPSA) is 243 Å². The van der Waals surface area contributed by atoms with Crippen molar-refractivity contribution in [1.29, 1.82) is 0 Å². The number of nitrogens with one attached hydrogen (secondary N) is 2. The number of carboxylic acids is 3. The van der Waals surface area contributed by atoms with E-state index >= 15 is 0 Å². The molecule has 5 N–H and O–H groups in total. The standard InChI is InChI=1S/C57H84N10O11/c1-8-62-20-22-63(24-25-65(37-52(71)72)27-26-64(23-21-62)36-51(69)70)35-50(68)58-16-10-18-66(19-11-17-61(4)5)55(74)41-14-15-46(44(33-41)38(2)3)67-47(53-48(77-6)12-9-13-49(53)78-7)34-45(60-67)54(73)59-57(56(75)76)42-29-39-28-40(31-42)32-43(57)30-39/h9,12-15,33-34,38-40,42-43H,8,10-11,16-32,35-37H2,1-7H3,(H,58,68)(H,59,73)(H,69,70)(H,71,72)(H,75,76). The van der Waals surface area contributed by atoms with E-state index in [0.717, 1.165) is 50.8 Å². The fourth-order valence-corrected chi connectivity index (χ4v) is 12.7. The summed E-state index contributed by atoms with van der Waals surface area (Å²) in [5, 5.41) is 41.1. The van der Waals surface area contributed by atoms with E-state index in [9.17, 15) is 44.1 Å². The maximum atomic E-state index is 14.7. The number of rotatable bonds is 24. The molecule has 0 atom stereocenters. The van der Waals surface area contributed by atoms with Crippen LogP contribution in [0.2, 0.25) is 0 Å². The average molecular weight is 1090 g/mol. The molecule has 5 fully saturated rings. The molecule has 1 aromatic heterocycles. The Hall–Kier alpha value is -6.13. The molecule has 3 amide bonds. The summed E-state index contributed by atoms with van der Waals surface area (Å²) in [6.45, 7) is 12.6. The van der Waals surface area contributed by atoms with Crippen molar-refractivity contribution < 1.29 is 53.6 Å². The van der Waals surface area contributed by atoms with Crippen LogP contribution in [-0.4, -0.2) is 229 Å². The van der Waals surface area contributed by atoms with Crippen molar-refractivity contribution in [2.24, 2.45) is 23.7 Å². The third-order valence-corrected chi connectivity index (χ3v) is 16.6. The number of ether oxygens (including phenoxy) is 2. The van der Waals surface area contributed by atoms with Gasteiger partial charge in [-0.2, -0.15) is 5.10 Å². The highest BCUT2D eigenvalue weighted by atomic mass is 16.5. The summed E-state index contributed by atoms with van der Waals surface area (Å²) in [6, 6.07) is 12.5. The number of likely N-dealkylation sites (N-methyl/N-ethyl adjacent to an activating group) is 1. The Labute approximate surface area is 459 Å². The summed E-state index contributed by atoms with van der Waals surface area (Å²) in [7, 11) is 7.08. The smallest absolute Gasteiger partial charge is 0.330 e. The second-order valence-corrected chi connectivity index (χ2v) is 22.4. The number of carbonyl (C=O) groups is 6. The monoisotopic (exact) mass is 1080 g/mol. The van der Waals surface area contributed by atoms with Crippen LogP contribution in [0.4, 0.5) is 0 Å². The molecule has 4 saturated carbocycles. The number of nitrogens with zero attached hydrogens (tertiary/aromatic N) is 8. The van der Waals surface area contributed by atoms with Crippen LogP contribution in [-0.2, 0) is 19.2 Å². The van der Waals surface area contributed by atoms with Gasteiger partial charge in [-0.3, -0.25) is 38.7 Å². The molecule has 0 spiro atoms. The van der Waals surface area contributed by atoms with Crippen molar-refractivity contribution in [3.05, 3.63) is 59.3 Å². The van der Waals surface area contributed by atoms with Crippen LogP contribution in [0.1, 0.15) is 98.0 Å². The van der Waals surface area contributed by atoms with E-state index in [0.29, 0.717) is 131 Å². The third-order valence-electron chi connectivity index (χ3n) is 16.6. The zero-order valence-corrected chi connectivity index (χ0v) is 46.9. The van der Waals surface area contributed by atoms with Gasteiger partial charge in [-0.25, -0.2) is 9.48 Å². The molecule has 3 aromatic rings. The van der Waals surface area contributed by atoms with E-state index in [2.05, 4.69) is 20.4 Å². The molecule has 428 valence electrons. The lowest BCUT2D eigenvalue weighted by molar-refractivity contribution is -0.163. The largest absolute Gasteiger partial charge is 0.496 e. The molecular formula is C57H84N10O11. The highest BCUT2D eigenvalue weighted by Crippen LogP contribution is 2.58. The quantitative estimate of drug-likeness (QED) is 0.0797. The van der Waals surface area contributed by atoms with Crippen LogP contribution >= 0.6 is 0 Å². The summed E-state index contributed by atoms with van der Waals surface area (Å²) in [4.78, 5) is 91.4. The lowest BCUT2D eigenvalue weighted by atomic mass is 9.48. The number of carbonyl (C=O) groups excluding carboxylic acids is 3. The zero-order chi connectivity index (χ0) is 56.3. The summed E-state index contributed by atoms with van der Waals surface area (Å²) in [6.07, 6.45) is 5.46. The highest BCUT2D eigenvalue weighted by molar-refractivity contribution is 5.98. The Kier molecular flexibility index (Phi) is 20.7. The Morgan fingerprint density at radius 2 is 1.26 bits per heavy atom. The molecular weight excluding hydrogens is 1000 g/mol. The molecule has 1 saturated heterocycles. The molecule has 1 aliphatic heterocycles. The number of methoxy groups -OCH3 is 2. The SMILES string of the molecule is CCN1CCN(CC(=O)O)CCN(CC(=O)O)CCN(CC(=O)NCCCN(CCCN(C)C)C(=O)c2ccc(-n3nc(C(=O)NC4(C(=O)O)C5CC6CC(C5)CC4C6)cc3-c3c(OC)cccc3OC)c(C(C)C)c2)CC1. The third kappa shape index (κ3) is 14.6. The van der Waals surface area contributed by atoms with Crippen molar-refractivity contribution in [3.63, 3.8) is 0 Å². The van der Waals surface area contributed by atoms with Gasteiger partial charge in [0.05, 0.1) is 50.8 Å². The minimum absolute atomic E-state index is 0.0398. The normalized spacial score (nSPS) is 22.4. The predicted octanol–water partition coefficient (Wildman–Crippen LogP) is 4.00. The number of hydrogen-bond donors (Lipinski definition) is 5. The Balaban J connectivity index is 1.09. The lowest BCUT2D eigenvalue weighted by Gasteiger charge is -2.59. The van der Waals surface area contributed by atoms with Gasteiger partial charge in [0.15, 0.2) is 5.69 Å². The van der Waals surface area contributed by atoms with E-state index in [1.807, 2.05) is 61.7 Å². The second kappa shape index (κ2) is 27.2. The van der Waals surface area contributed by atoms with Gasteiger partial charge in [0, 0.05) is 77.6 Å². The molecule has 21 heteroatoms. The second-order valence-electron chi connectivity index (χ2n) is 22.4. The number of amides is 3. The minimum Gasteiger partial charge on any atom is -0.496 e. The highest BCUT2D eigenvalue weighted by Gasteiger charge is 2.62. The number of benzene rings is 2. The van der Waals surface area contributed by atoms with Crippen molar-refractivity contribution in [1.82, 2.24) is 49.8 Å². The molecule has 0 unspecified atom stereocenters. The number of aromatic nitrogens is 2. The average Bonchev–Trinajstić information content (AvgIpc) is 3.99. The van der Waals surface area contributed by atoms with E-state index in [1.54, 1.807) is 54.1 Å². The first-order valence-corrected chi connectivity index (χ1v) is 27.9. The van der Waals surface area contributed by atoms with Gasteiger partial charge in [0.1, 0.15) is 17.0 Å². The van der Waals surface area contributed by atoms with Gasteiger partial charge in [0.25, 0.3) is 11.8 Å². The molecule has 5 aliphatic rings. The summed E-state index contributed by atoms with van der Waals surface area (Å²) in [5.41, 5.74) is 1.54. The molecule has 8 rings (SSSR count). The van der Waals surface area contributed by atoms with E-state index in [4.69, 9.17) is 14.6 Å². The van der Waals surface area contributed by atoms with Crippen molar-refractivity contribution in [3.8, 4) is 28.4 Å². The predicted molar refractivity (Wildman–Crippen MR) is 294 cm³/mol. The molecule has 21 nitrogen and oxygen atoms in total. The zero-order valence-electron chi connectivity index (χ0n) is 46.9. The molecule has 78 heavy (non-hydrogen) atoms. The van der Waals surface area contributed by atoms with E-state index in [-0.39, 0.29) is 54.9 Å². The van der Waals surface area contributed by atoms with Gasteiger partial charge in [-0.15, -0.1) is 0 Å². The minimum atomic E-state index is -1.39. The van der Waals surface area contributed by atoms with E-state index in [1.165, 1.54) is 0 Å². The van der Waals surface area contributed by atoms with Gasteiger partial charge >= 0.3 is 17.9 Å². The first-order chi connectivity index (χ1) is 37.3. The van der Waals surface area contributed by atoms with Gasteiger partial charge < -0.3 is 50.1 Å². The Morgan fingerprint density at radius 1 is 0.718 bits per heavy atom. The van der Waals surface area contributed by atoms with Crippen LogP contribution in [0.25, 0.3) is 16.9 Å². The summed E-state index contributed by atoms with van der Waals surface area (Å²) in [5.74, 6) is -2.35. The fourth-order valence-electron chi connectivity index (χ4n) is 12.7. The van der Waals surface area contributed by atoms with Crippen LogP contribution < -0.4 is 20.1 Å². The van der Waals surface area contributed by atoms with Crippen LogP contribution in [0, 0.1) is 23.7 Å². The van der Waals surface area contributed by atoms with Gasteiger partial charge in [-0.05, 0) is 144 Å². The van der Waals surface area contributed by atoms with Crippen molar-refractivity contribution >= 4 is 35.6 Å². The van der Waals surface area contributed by atoms with Crippen LogP contribution in [0.15, 0.2) is 42.5 Å². The maximum absolute atomic E-state index is 14.7. The van der Waals surface area contributed by atoms with Gasteiger partial charge in [-0.1, -0.05) is 26.8 Å². The summed E-state index contributed by atoms with van der Waals surface area (Å²) >= 11 is 0. The lowest BCUT2D eigenvalue weighted by Crippen LogP contribution is -2.70. The Bertz CT molecular complexity index is 2540. The van der Waals surface area contributed by atoms with E-state index < -0.39 is 29.4 Å². The molecule has 4 bridgehead atoms. The molecule has 0 radical (unpaired) electrons. The van der Waals surface area contributed by atoms with Crippen molar-refractivity contribution in [2.45, 2.75) is 77.2 Å². The van der Waals surface area contributed by atoms with Gasteiger partial charge in [0.2, 0.25) is 5.91 Å². The first kappa shape index (κ1) is 59.5. The summed E-state index contributed by atoms with van der Waals surface area (Å²) < 4.78 is 13.4. The Morgan fingerprint density at radius 3 is 1.76 bits per heavy atom. The number of aliphatic carboxylic acids is 3. The molecule has 4 aliphatic carbocycles. The number of hydrogen-bond acceptors (Lipinski definition) is 14. The fraction of sp³-hybridized carbons (Fsp3) is 0.632. The maximum Gasteiger partial charge on any atom is 0.330 e. The van der Waals surface area contributed by atoms with Crippen LogP contribution in [0.3, 0.4) is 0 Å². The first-order valence-electron chi connectivity index (χ1n) is 27.9.